The molecule has 160 valence electrons. The largest absolute Gasteiger partial charge is 0.463 e. The third-order valence-corrected chi connectivity index (χ3v) is 6.27. The fourth-order valence-electron chi connectivity index (χ4n) is 4.54. The van der Waals surface area contributed by atoms with Crippen LogP contribution in [0.25, 0.3) is 0 Å². The number of fused-ring (bicyclic) bond motifs is 1. The van der Waals surface area contributed by atoms with Crippen LogP contribution in [0.1, 0.15) is 52.8 Å². The van der Waals surface area contributed by atoms with E-state index in [1.807, 2.05) is 0 Å². The molecule has 8 nitrogen and oxygen atoms in total. The molecule has 0 atom stereocenters. The number of nitrogens with zero attached hydrogens (tertiary/aromatic N) is 2. The van der Waals surface area contributed by atoms with E-state index < -0.39 is 11.4 Å². The highest BCUT2D eigenvalue weighted by molar-refractivity contribution is 6.21. The highest BCUT2D eigenvalue weighted by atomic mass is 16.5. The number of ether oxygens (including phenoxy) is 2. The number of rotatable bonds is 6. The van der Waals surface area contributed by atoms with Gasteiger partial charge in [-0.15, -0.1) is 0 Å². The van der Waals surface area contributed by atoms with Crippen molar-refractivity contribution in [2.75, 3.05) is 39.5 Å². The summed E-state index contributed by atoms with van der Waals surface area (Å²) in [5.41, 5.74) is -0.0633. The minimum absolute atomic E-state index is 0.00553. The van der Waals surface area contributed by atoms with Crippen LogP contribution in [0.2, 0.25) is 0 Å². The molecule has 1 aromatic rings. The Labute approximate surface area is 175 Å². The van der Waals surface area contributed by atoms with Crippen LogP contribution >= 0.6 is 0 Å². The Hall–Kier alpha value is -2.74. The van der Waals surface area contributed by atoms with Gasteiger partial charge in [0, 0.05) is 19.5 Å². The first-order valence-corrected chi connectivity index (χ1v) is 10.5. The molecular formula is C22H26N2O6. The Kier molecular flexibility index (Phi) is 5.85. The van der Waals surface area contributed by atoms with Crippen molar-refractivity contribution < 1.29 is 28.7 Å². The molecule has 8 heteroatoms. The summed E-state index contributed by atoms with van der Waals surface area (Å²) in [6.45, 7) is 2.06. The van der Waals surface area contributed by atoms with Gasteiger partial charge < -0.3 is 14.4 Å². The second kappa shape index (κ2) is 8.55. The lowest BCUT2D eigenvalue weighted by molar-refractivity contribution is -0.160. The van der Waals surface area contributed by atoms with Crippen molar-refractivity contribution in [2.45, 2.75) is 32.1 Å². The predicted molar refractivity (Wildman–Crippen MR) is 106 cm³/mol. The van der Waals surface area contributed by atoms with Gasteiger partial charge in [-0.2, -0.15) is 0 Å². The standard InChI is InChI=1S/C22H26N2O6/c25-18(23-9-12-29-13-10-23)15-22(7-3-4-8-22)21(28)30-14-11-24-19(26)16-5-1-2-6-17(16)20(24)27/h1-2,5-6H,3-4,7-15H2. The lowest BCUT2D eigenvalue weighted by Crippen LogP contribution is -2.44. The number of carbonyl (C=O) groups excluding carboxylic acids is 4. The molecule has 3 aliphatic rings. The van der Waals surface area contributed by atoms with Crippen molar-refractivity contribution >= 4 is 23.7 Å². The number of morpholine rings is 1. The molecule has 2 aliphatic heterocycles. The van der Waals surface area contributed by atoms with E-state index in [1.54, 1.807) is 29.2 Å². The third-order valence-electron chi connectivity index (χ3n) is 6.27. The van der Waals surface area contributed by atoms with Crippen LogP contribution in [-0.2, 0) is 19.1 Å². The summed E-state index contributed by atoms with van der Waals surface area (Å²) in [5.74, 6) is -1.19. The first-order valence-electron chi connectivity index (χ1n) is 10.5. The second-order valence-electron chi connectivity index (χ2n) is 8.10. The van der Waals surface area contributed by atoms with E-state index in [9.17, 15) is 19.2 Å². The third kappa shape index (κ3) is 3.84. The topological polar surface area (TPSA) is 93.2 Å². The maximum absolute atomic E-state index is 12.9. The molecule has 4 rings (SSSR count). The molecule has 0 aromatic heterocycles. The Morgan fingerprint density at radius 3 is 2.20 bits per heavy atom. The molecule has 2 heterocycles. The van der Waals surface area contributed by atoms with E-state index >= 15 is 0 Å². The number of carbonyl (C=O) groups is 4. The van der Waals surface area contributed by atoms with Gasteiger partial charge in [-0.3, -0.25) is 24.1 Å². The molecule has 1 aliphatic carbocycles. The van der Waals surface area contributed by atoms with Gasteiger partial charge in [0.1, 0.15) is 6.61 Å². The smallest absolute Gasteiger partial charge is 0.312 e. The minimum atomic E-state index is -0.808. The van der Waals surface area contributed by atoms with E-state index in [1.165, 1.54) is 0 Å². The van der Waals surface area contributed by atoms with Crippen LogP contribution in [-0.4, -0.2) is 72.9 Å². The van der Waals surface area contributed by atoms with Crippen molar-refractivity contribution in [3.63, 3.8) is 0 Å². The zero-order valence-corrected chi connectivity index (χ0v) is 16.9. The Balaban J connectivity index is 1.34. The normalized spacial score (nSPS) is 20.4. The van der Waals surface area contributed by atoms with Crippen LogP contribution in [0.15, 0.2) is 24.3 Å². The summed E-state index contributed by atoms with van der Waals surface area (Å²) < 4.78 is 10.8. The molecule has 0 spiro atoms. The number of benzene rings is 1. The second-order valence-corrected chi connectivity index (χ2v) is 8.10. The number of amides is 3. The maximum Gasteiger partial charge on any atom is 0.312 e. The van der Waals surface area contributed by atoms with Gasteiger partial charge in [-0.05, 0) is 25.0 Å². The van der Waals surface area contributed by atoms with Crippen LogP contribution in [0.4, 0.5) is 0 Å². The molecule has 0 unspecified atom stereocenters. The van der Waals surface area contributed by atoms with Crippen LogP contribution in [0, 0.1) is 5.41 Å². The maximum atomic E-state index is 12.9. The Morgan fingerprint density at radius 2 is 1.60 bits per heavy atom. The molecule has 1 aromatic carbocycles. The van der Waals surface area contributed by atoms with E-state index in [-0.39, 0.29) is 37.3 Å². The molecule has 1 saturated carbocycles. The van der Waals surface area contributed by atoms with Gasteiger partial charge in [-0.1, -0.05) is 25.0 Å². The SMILES string of the molecule is O=C(CC1(C(=O)OCCN2C(=O)c3ccccc3C2=O)CCCC1)N1CCOCC1. The molecule has 1 saturated heterocycles. The van der Waals surface area contributed by atoms with Crippen molar-refractivity contribution in [3.05, 3.63) is 35.4 Å². The summed E-state index contributed by atoms with van der Waals surface area (Å²) in [6.07, 6.45) is 3.14. The zero-order chi connectivity index (χ0) is 21.1. The lowest BCUT2D eigenvalue weighted by Gasteiger charge is -2.32. The van der Waals surface area contributed by atoms with E-state index in [0.717, 1.165) is 17.7 Å². The first-order chi connectivity index (χ1) is 14.5. The van der Waals surface area contributed by atoms with Crippen molar-refractivity contribution in [1.82, 2.24) is 9.80 Å². The molecule has 0 bridgehead atoms. The highest BCUT2D eigenvalue weighted by Gasteiger charge is 2.45. The van der Waals surface area contributed by atoms with Crippen LogP contribution in [0.3, 0.4) is 0 Å². The zero-order valence-electron chi connectivity index (χ0n) is 16.9. The molecule has 2 fully saturated rings. The number of esters is 1. The van der Waals surface area contributed by atoms with E-state index in [2.05, 4.69) is 0 Å². The fourth-order valence-corrected chi connectivity index (χ4v) is 4.54. The predicted octanol–water partition coefficient (Wildman–Crippen LogP) is 1.64. The summed E-state index contributed by atoms with van der Waals surface area (Å²) in [5, 5.41) is 0. The van der Waals surface area contributed by atoms with Crippen molar-refractivity contribution in [1.29, 1.82) is 0 Å². The van der Waals surface area contributed by atoms with E-state index in [0.29, 0.717) is 50.3 Å². The van der Waals surface area contributed by atoms with Gasteiger partial charge in [-0.25, -0.2) is 0 Å². The monoisotopic (exact) mass is 414 g/mol. The summed E-state index contributed by atoms with van der Waals surface area (Å²) in [4.78, 5) is 53.4. The molecule has 0 N–H and O–H groups in total. The Bertz CT molecular complexity index is 820. The summed E-state index contributed by atoms with van der Waals surface area (Å²) in [7, 11) is 0. The first kappa shape index (κ1) is 20.5. The Morgan fingerprint density at radius 1 is 1.00 bits per heavy atom. The molecule has 30 heavy (non-hydrogen) atoms. The van der Waals surface area contributed by atoms with Crippen LogP contribution in [0.5, 0.6) is 0 Å². The van der Waals surface area contributed by atoms with E-state index in [4.69, 9.17) is 9.47 Å². The fraction of sp³-hybridized carbons (Fsp3) is 0.545. The average molecular weight is 414 g/mol. The minimum Gasteiger partial charge on any atom is -0.463 e. The number of hydrogen-bond acceptors (Lipinski definition) is 6. The summed E-state index contributed by atoms with van der Waals surface area (Å²) in [6, 6.07) is 6.66. The van der Waals surface area contributed by atoms with Gasteiger partial charge in [0.05, 0.1) is 36.3 Å². The number of hydrogen-bond donors (Lipinski definition) is 0. The molecular weight excluding hydrogens is 388 g/mol. The van der Waals surface area contributed by atoms with Gasteiger partial charge >= 0.3 is 5.97 Å². The average Bonchev–Trinajstić information content (AvgIpc) is 3.34. The van der Waals surface area contributed by atoms with Crippen LogP contribution < -0.4 is 0 Å². The molecule has 3 amide bonds. The van der Waals surface area contributed by atoms with Gasteiger partial charge in [0.2, 0.25) is 5.91 Å². The summed E-state index contributed by atoms with van der Waals surface area (Å²) >= 11 is 0. The quantitative estimate of drug-likeness (QED) is 0.519. The van der Waals surface area contributed by atoms with Gasteiger partial charge in [0.15, 0.2) is 0 Å². The van der Waals surface area contributed by atoms with Crippen molar-refractivity contribution in [2.24, 2.45) is 5.41 Å². The van der Waals surface area contributed by atoms with Gasteiger partial charge in [0.25, 0.3) is 11.8 Å². The number of imide groups is 1. The van der Waals surface area contributed by atoms with Crippen molar-refractivity contribution in [3.8, 4) is 0 Å². The highest BCUT2D eigenvalue weighted by Crippen LogP contribution is 2.42. The lowest BCUT2D eigenvalue weighted by atomic mass is 9.82. The molecule has 0 radical (unpaired) electrons.